The molecule has 0 unspecified atom stereocenters. The van der Waals surface area contributed by atoms with Gasteiger partial charge in [0, 0.05) is 28.6 Å². The Balaban J connectivity index is 1.63. The van der Waals surface area contributed by atoms with Crippen molar-refractivity contribution >= 4 is 45.6 Å². The van der Waals surface area contributed by atoms with Gasteiger partial charge in [0.25, 0.3) is 5.69 Å². The lowest BCUT2D eigenvalue weighted by Gasteiger charge is -2.32. The minimum Gasteiger partial charge on any atom is -0.366 e. The summed E-state index contributed by atoms with van der Waals surface area (Å²) in [7, 11) is 0. The molecule has 1 heterocycles. The molecule has 130 valence electrons. The van der Waals surface area contributed by atoms with Crippen molar-refractivity contribution in [3.8, 4) is 0 Å². The van der Waals surface area contributed by atoms with Crippen LogP contribution in [0.3, 0.4) is 0 Å². The molecule has 2 aromatic rings. The van der Waals surface area contributed by atoms with Crippen LogP contribution in [0.5, 0.6) is 0 Å². The molecule has 7 heteroatoms. The highest BCUT2D eigenvalue weighted by atomic mass is 127. The summed E-state index contributed by atoms with van der Waals surface area (Å²) in [4.78, 5) is 25.3. The predicted molar refractivity (Wildman–Crippen MR) is 106 cm³/mol. The minimum atomic E-state index is -0.356. The van der Waals surface area contributed by atoms with Crippen molar-refractivity contribution in [1.82, 2.24) is 0 Å². The van der Waals surface area contributed by atoms with Crippen molar-refractivity contribution < 1.29 is 9.72 Å². The maximum absolute atomic E-state index is 12.5. The maximum atomic E-state index is 12.5. The van der Waals surface area contributed by atoms with Gasteiger partial charge in [-0.25, -0.2) is 0 Å². The van der Waals surface area contributed by atoms with Gasteiger partial charge in [0.2, 0.25) is 5.91 Å². The van der Waals surface area contributed by atoms with E-state index in [1.165, 1.54) is 6.07 Å². The van der Waals surface area contributed by atoms with Gasteiger partial charge < -0.3 is 10.2 Å². The van der Waals surface area contributed by atoms with Crippen molar-refractivity contribution in [3.63, 3.8) is 0 Å². The lowest BCUT2D eigenvalue weighted by atomic mass is 9.95. The Bertz CT molecular complexity index is 789. The summed E-state index contributed by atoms with van der Waals surface area (Å²) in [6.07, 6.45) is 1.36. The standard InChI is InChI=1S/C18H18IN3O3/c19-14-5-1-2-6-15(14)20-18(23)13-9-11-21(12-10-13)16-7-3-4-8-17(16)22(24)25/h1-8,13H,9-12H2,(H,20,23). The molecule has 2 aromatic carbocycles. The molecule has 0 bridgehead atoms. The second-order valence-corrected chi connectivity index (χ2v) is 7.14. The number of piperidine rings is 1. The first-order valence-electron chi connectivity index (χ1n) is 8.10. The van der Waals surface area contributed by atoms with Crippen LogP contribution in [0, 0.1) is 19.6 Å². The van der Waals surface area contributed by atoms with Crippen LogP contribution in [0.4, 0.5) is 17.1 Å². The first-order chi connectivity index (χ1) is 12.1. The van der Waals surface area contributed by atoms with Crippen LogP contribution in [-0.2, 0) is 4.79 Å². The minimum absolute atomic E-state index is 0.0197. The Morgan fingerprint density at radius 3 is 2.44 bits per heavy atom. The quantitative estimate of drug-likeness (QED) is 0.433. The molecular formula is C18H18IN3O3. The zero-order valence-corrected chi connectivity index (χ0v) is 15.7. The van der Waals surface area contributed by atoms with Gasteiger partial charge in [-0.1, -0.05) is 24.3 Å². The summed E-state index contributed by atoms with van der Waals surface area (Å²) in [6.45, 7) is 1.27. The number of para-hydroxylation sites is 3. The van der Waals surface area contributed by atoms with Crippen molar-refractivity contribution in [2.75, 3.05) is 23.3 Å². The average molecular weight is 451 g/mol. The maximum Gasteiger partial charge on any atom is 0.292 e. The number of nitrogens with one attached hydrogen (secondary N) is 1. The summed E-state index contributed by atoms with van der Waals surface area (Å²) in [5, 5.41) is 14.2. The van der Waals surface area contributed by atoms with Crippen LogP contribution in [0.25, 0.3) is 0 Å². The number of carbonyl (C=O) groups excluding carboxylic acids is 1. The molecule has 0 spiro atoms. The number of nitro benzene ring substituents is 1. The molecular weight excluding hydrogens is 433 g/mol. The number of amides is 1. The molecule has 6 nitrogen and oxygen atoms in total. The number of nitrogens with zero attached hydrogens (tertiary/aromatic N) is 2. The topological polar surface area (TPSA) is 75.5 Å². The Labute approximate surface area is 159 Å². The zero-order valence-electron chi connectivity index (χ0n) is 13.5. The zero-order chi connectivity index (χ0) is 17.8. The van der Waals surface area contributed by atoms with Gasteiger partial charge in [-0.15, -0.1) is 0 Å². The van der Waals surface area contributed by atoms with Gasteiger partial charge in [0.15, 0.2) is 0 Å². The van der Waals surface area contributed by atoms with Gasteiger partial charge in [0.05, 0.1) is 10.6 Å². The Hall–Kier alpha value is -2.16. The SMILES string of the molecule is O=C(Nc1ccccc1I)C1CCN(c2ccccc2[N+](=O)[O-])CC1. The van der Waals surface area contributed by atoms with Crippen molar-refractivity contribution in [2.24, 2.45) is 5.92 Å². The van der Waals surface area contributed by atoms with E-state index in [2.05, 4.69) is 27.9 Å². The monoisotopic (exact) mass is 451 g/mol. The van der Waals surface area contributed by atoms with E-state index >= 15 is 0 Å². The molecule has 0 aromatic heterocycles. The molecule has 3 rings (SSSR count). The molecule has 1 fully saturated rings. The molecule has 1 N–H and O–H groups in total. The van der Waals surface area contributed by atoms with Crippen LogP contribution < -0.4 is 10.2 Å². The van der Waals surface area contributed by atoms with Crippen LogP contribution >= 0.6 is 22.6 Å². The van der Waals surface area contributed by atoms with Crippen molar-refractivity contribution in [1.29, 1.82) is 0 Å². The smallest absolute Gasteiger partial charge is 0.292 e. The lowest BCUT2D eigenvalue weighted by molar-refractivity contribution is -0.384. The molecule has 1 saturated heterocycles. The number of halogens is 1. The number of benzene rings is 2. The molecule has 1 amide bonds. The van der Waals surface area contributed by atoms with Crippen LogP contribution in [0.2, 0.25) is 0 Å². The molecule has 25 heavy (non-hydrogen) atoms. The highest BCUT2D eigenvalue weighted by molar-refractivity contribution is 14.1. The van der Waals surface area contributed by atoms with Crippen molar-refractivity contribution in [3.05, 3.63) is 62.2 Å². The molecule has 1 aliphatic rings. The summed E-state index contributed by atoms with van der Waals surface area (Å²) in [5.41, 5.74) is 1.57. The second-order valence-electron chi connectivity index (χ2n) is 5.98. The van der Waals surface area contributed by atoms with E-state index in [1.807, 2.05) is 29.2 Å². The summed E-state index contributed by atoms with van der Waals surface area (Å²) in [5.74, 6) is -0.0543. The molecule has 0 saturated carbocycles. The van der Waals surface area contributed by atoms with E-state index in [-0.39, 0.29) is 22.4 Å². The average Bonchev–Trinajstić information content (AvgIpc) is 2.63. The van der Waals surface area contributed by atoms with Crippen molar-refractivity contribution in [2.45, 2.75) is 12.8 Å². The number of carbonyl (C=O) groups is 1. The fourth-order valence-electron chi connectivity index (χ4n) is 3.07. The number of hydrogen-bond acceptors (Lipinski definition) is 4. The molecule has 0 aliphatic carbocycles. The van der Waals surface area contributed by atoms with Crippen LogP contribution in [0.1, 0.15) is 12.8 Å². The van der Waals surface area contributed by atoms with E-state index in [4.69, 9.17) is 0 Å². The van der Waals surface area contributed by atoms with E-state index in [0.29, 0.717) is 31.6 Å². The number of nitro groups is 1. The third-order valence-electron chi connectivity index (χ3n) is 4.42. The number of anilines is 2. The predicted octanol–water partition coefficient (Wildman–Crippen LogP) is 4.05. The lowest BCUT2D eigenvalue weighted by Crippen LogP contribution is -2.38. The van der Waals surface area contributed by atoms with Gasteiger partial charge >= 0.3 is 0 Å². The summed E-state index contributed by atoms with van der Waals surface area (Å²) < 4.78 is 1.01. The van der Waals surface area contributed by atoms with Crippen LogP contribution in [0.15, 0.2) is 48.5 Å². The Morgan fingerprint density at radius 2 is 1.76 bits per heavy atom. The highest BCUT2D eigenvalue weighted by Crippen LogP contribution is 2.31. The van der Waals surface area contributed by atoms with Gasteiger partial charge in [0.1, 0.15) is 5.69 Å². The molecule has 0 atom stereocenters. The van der Waals surface area contributed by atoms with E-state index in [1.54, 1.807) is 18.2 Å². The third-order valence-corrected chi connectivity index (χ3v) is 5.36. The fourth-order valence-corrected chi connectivity index (χ4v) is 3.59. The molecule has 0 radical (unpaired) electrons. The normalized spacial score (nSPS) is 15.0. The number of hydrogen-bond donors (Lipinski definition) is 1. The van der Waals surface area contributed by atoms with Crippen LogP contribution in [-0.4, -0.2) is 23.9 Å². The van der Waals surface area contributed by atoms with E-state index in [0.717, 1.165) is 9.26 Å². The fraction of sp³-hybridized carbons (Fsp3) is 0.278. The first kappa shape index (κ1) is 17.7. The Morgan fingerprint density at radius 1 is 1.12 bits per heavy atom. The number of rotatable bonds is 4. The third kappa shape index (κ3) is 4.09. The largest absolute Gasteiger partial charge is 0.366 e. The summed E-state index contributed by atoms with van der Waals surface area (Å²) >= 11 is 2.20. The Kier molecular flexibility index (Phi) is 5.52. The summed E-state index contributed by atoms with van der Waals surface area (Å²) in [6, 6.07) is 14.4. The van der Waals surface area contributed by atoms with E-state index < -0.39 is 0 Å². The highest BCUT2D eigenvalue weighted by Gasteiger charge is 2.28. The van der Waals surface area contributed by atoms with E-state index in [9.17, 15) is 14.9 Å². The first-order valence-corrected chi connectivity index (χ1v) is 9.18. The van der Waals surface area contributed by atoms with Gasteiger partial charge in [-0.3, -0.25) is 14.9 Å². The van der Waals surface area contributed by atoms with Gasteiger partial charge in [-0.2, -0.15) is 0 Å². The second kappa shape index (κ2) is 7.81. The molecule has 1 aliphatic heterocycles. The van der Waals surface area contributed by atoms with Gasteiger partial charge in [-0.05, 0) is 53.6 Å².